The van der Waals surface area contributed by atoms with Crippen LogP contribution in [0.4, 0.5) is 0 Å². The van der Waals surface area contributed by atoms with Crippen LogP contribution in [0.5, 0.6) is 0 Å². The van der Waals surface area contributed by atoms with Crippen LogP contribution in [-0.2, 0) is 4.79 Å². The van der Waals surface area contributed by atoms with Gasteiger partial charge in [-0.05, 0) is 11.5 Å². The first kappa shape index (κ1) is 24.1. The third-order valence-corrected chi connectivity index (χ3v) is 4.84. The fourth-order valence-corrected chi connectivity index (χ4v) is 2.88. The van der Waals surface area contributed by atoms with Crippen LogP contribution >= 0.6 is 24.8 Å². The second-order valence-corrected chi connectivity index (χ2v) is 6.46. The molecule has 2 rings (SSSR count). The summed E-state index contributed by atoms with van der Waals surface area (Å²) in [4.78, 5) is 16.4. The Morgan fingerprint density at radius 2 is 1.72 bits per heavy atom. The summed E-state index contributed by atoms with van der Waals surface area (Å²) in [7, 11) is 0. The molecule has 0 radical (unpaired) electrons. The van der Waals surface area contributed by atoms with Crippen molar-refractivity contribution >= 4 is 30.7 Å². The lowest BCUT2D eigenvalue weighted by atomic mass is 9.98. The predicted octanol–water partition coefficient (Wildman–Crippen LogP) is 2.08. The lowest BCUT2D eigenvalue weighted by molar-refractivity contribution is -0.135. The number of amides is 1. The van der Waals surface area contributed by atoms with Gasteiger partial charge in [0.05, 0.1) is 12.1 Å². The summed E-state index contributed by atoms with van der Waals surface area (Å²) in [5.41, 5.74) is 6.98. The van der Waals surface area contributed by atoms with Crippen LogP contribution < -0.4 is 5.73 Å². The summed E-state index contributed by atoms with van der Waals surface area (Å²) in [6, 6.07) is 9.30. The molecule has 0 bridgehead atoms. The van der Waals surface area contributed by atoms with E-state index in [0.29, 0.717) is 19.6 Å². The number of carbonyl (C=O) groups is 1. The van der Waals surface area contributed by atoms with Gasteiger partial charge in [-0.3, -0.25) is 9.69 Å². The van der Waals surface area contributed by atoms with Crippen molar-refractivity contribution in [2.24, 2.45) is 11.7 Å². The first-order chi connectivity index (χ1) is 11.0. The highest BCUT2D eigenvalue weighted by Gasteiger charge is 2.28. The Balaban J connectivity index is 0.00000288. The molecule has 5 nitrogen and oxygen atoms in total. The van der Waals surface area contributed by atoms with E-state index in [1.807, 2.05) is 42.2 Å². The maximum atomic E-state index is 12.4. The molecule has 0 aliphatic carbocycles. The molecule has 1 aromatic rings. The molecule has 1 aromatic carbocycles. The Kier molecular flexibility index (Phi) is 11.3. The second-order valence-electron chi connectivity index (χ2n) is 6.46. The summed E-state index contributed by atoms with van der Waals surface area (Å²) < 4.78 is 0. The number of rotatable bonds is 6. The molecule has 1 amide bonds. The van der Waals surface area contributed by atoms with Gasteiger partial charge in [0.1, 0.15) is 0 Å². The molecule has 25 heavy (non-hydrogen) atoms. The van der Waals surface area contributed by atoms with Crippen LogP contribution in [0.15, 0.2) is 30.3 Å². The molecule has 7 heteroatoms. The number of aliphatic hydroxyl groups is 1. The van der Waals surface area contributed by atoms with E-state index in [4.69, 9.17) is 5.73 Å². The van der Waals surface area contributed by atoms with Gasteiger partial charge in [0.2, 0.25) is 5.91 Å². The van der Waals surface area contributed by atoms with Crippen LogP contribution in [0, 0.1) is 5.92 Å². The molecule has 1 saturated heterocycles. The van der Waals surface area contributed by atoms with Gasteiger partial charge in [0.25, 0.3) is 0 Å². The monoisotopic (exact) mass is 391 g/mol. The van der Waals surface area contributed by atoms with Crippen molar-refractivity contribution in [2.45, 2.75) is 32.4 Å². The fraction of sp³-hybridized carbons (Fsp3) is 0.611. The van der Waals surface area contributed by atoms with E-state index in [9.17, 15) is 9.90 Å². The normalized spacial score (nSPS) is 18.5. The van der Waals surface area contributed by atoms with Crippen LogP contribution in [-0.4, -0.2) is 59.6 Å². The number of hydrogen-bond donors (Lipinski definition) is 2. The van der Waals surface area contributed by atoms with E-state index < -0.39 is 12.1 Å². The maximum absolute atomic E-state index is 12.4. The highest BCUT2D eigenvalue weighted by atomic mass is 35.5. The van der Waals surface area contributed by atoms with E-state index in [1.54, 1.807) is 0 Å². The standard InChI is InChI=1S/C18H29N3O2.2ClH/c1-3-14(2)17(19)18(23)21-11-9-20(10-12-21)13-16(22)15-7-5-4-6-8-15;;/h4-8,14,16-17,22H,3,9-13,19H2,1-2H3;2*1H. The van der Waals surface area contributed by atoms with Crippen molar-refractivity contribution < 1.29 is 9.90 Å². The predicted molar refractivity (Wildman–Crippen MR) is 106 cm³/mol. The Morgan fingerprint density at radius 3 is 2.24 bits per heavy atom. The molecule has 0 saturated carbocycles. The van der Waals surface area contributed by atoms with E-state index >= 15 is 0 Å². The van der Waals surface area contributed by atoms with Crippen LogP contribution in [0.2, 0.25) is 0 Å². The first-order valence-electron chi connectivity index (χ1n) is 8.52. The molecular weight excluding hydrogens is 361 g/mol. The first-order valence-corrected chi connectivity index (χ1v) is 8.52. The fourth-order valence-electron chi connectivity index (χ4n) is 2.88. The average Bonchev–Trinajstić information content (AvgIpc) is 2.61. The van der Waals surface area contributed by atoms with Gasteiger partial charge in [0.15, 0.2) is 0 Å². The van der Waals surface area contributed by atoms with Gasteiger partial charge >= 0.3 is 0 Å². The van der Waals surface area contributed by atoms with Crippen molar-refractivity contribution in [3.8, 4) is 0 Å². The Hall–Kier alpha value is -0.850. The molecule has 3 atom stereocenters. The van der Waals surface area contributed by atoms with Crippen molar-refractivity contribution in [2.75, 3.05) is 32.7 Å². The Morgan fingerprint density at radius 1 is 1.16 bits per heavy atom. The summed E-state index contributed by atoms with van der Waals surface area (Å²) in [6.45, 7) is 7.61. The molecule has 3 N–H and O–H groups in total. The number of benzene rings is 1. The van der Waals surface area contributed by atoms with Gasteiger partial charge in [-0.1, -0.05) is 50.6 Å². The van der Waals surface area contributed by atoms with Gasteiger partial charge in [0, 0.05) is 32.7 Å². The number of carbonyl (C=O) groups excluding carboxylic acids is 1. The third-order valence-electron chi connectivity index (χ3n) is 4.84. The number of nitrogens with two attached hydrogens (primary N) is 1. The molecule has 1 aliphatic heterocycles. The maximum Gasteiger partial charge on any atom is 0.239 e. The summed E-state index contributed by atoms with van der Waals surface area (Å²) in [5.74, 6) is 0.267. The van der Waals surface area contributed by atoms with Gasteiger partial charge in [-0.15, -0.1) is 24.8 Å². The SMILES string of the molecule is CCC(C)C(N)C(=O)N1CCN(CC(O)c2ccccc2)CC1.Cl.Cl. The zero-order valence-electron chi connectivity index (χ0n) is 15.0. The van der Waals surface area contributed by atoms with E-state index in [-0.39, 0.29) is 36.6 Å². The molecule has 3 unspecified atom stereocenters. The Labute approximate surface area is 163 Å². The molecular formula is C18H31Cl2N3O2. The molecule has 0 spiro atoms. The topological polar surface area (TPSA) is 69.8 Å². The highest BCUT2D eigenvalue weighted by molar-refractivity contribution is 5.85. The molecule has 0 aromatic heterocycles. The van der Waals surface area contributed by atoms with E-state index in [2.05, 4.69) is 11.8 Å². The average molecular weight is 392 g/mol. The molecule has 144 valence electrons. The van der Waals surface area contributed by atoms with Gasteiger partial charge in [-0.2, -0.15) is 0 Å². The van der Waals surface area contributed by atoms with Gasteiger partial charge in [-0.25, -0.2) is 0 Å². The number of piperazine rings is 1. The van der Waals surface area contributed by atoms with Crippen LogP contribution in [0.25, 0.3) is 0 Å². The smallest absolute Gasteiger partial charge is 0.239 e. The number of β-amino-alcohol motifs (C(OH)–C–C–N with tert-alkyl or cyclic N) is 1. The minimum absolute atomic E-state index is 0. The number of nitrogens with zero attached hydrogens (tertiary/aromatic N) is 2. The molecule has 1 aliphatic rings. The van der Waals surface area contributed by atoms with Crippen LogP contribution in [0.1, 0.15) is 31.9 Å². The minimum atomic E-state index is -0.485. The minimum Gasteiger partial charge on any atom is -0.387 e. The highest BCUT2D eigenvalue weighted by Crippen LogP contribution is 2.16. The summed E-state index contributed by atoms with van der Waals surface area (Å²) in [5, 5.41) is 10.3. The summed E-state index contributed by atoms with van der Waals surface area (Å²) in [6.07, 6.45) is 0.427. The molecule has 1 fully saturated rings. The largest absolute Gasteiger partial charge is 0.387 e. The van der Waals surface area contributed by atoms with Crippen molar-refractivity contribution in [1.29, 1.82) is 0 Å². The number of hydrogen-bond acceptors (Lipinski definition) is 4. The zero-order valence-corrected chi connectivity index (χ0v) is 16.6. The second kappa shape index (κ2) is 11.7. The zero-order chi connectivity index (χ0) is 16.8. The third kappa shape index (κ3) is 6.76. The van der Waals surface area contributed by atoms with E-state index in [1.165, 1.54) is 0 Å². The molecule has 1 heterocycles. The lowest BCUT2D eigenvalue weighted by Gasteiger charge is -2.37. The Bertz CT molecular complexity index is 496. The van der Waals surface area contributed by atoms with Crippen molar-refractivity contribution in [1.82, 2.24) is 9.80 Å². The number of halogens is 2. The van der Waals surface area contributed by atoms with Crippen molar-refractivity contribution in [3.63, 3.8) is 0 Å². The number of aliphatic hydroxyl groups excluding tert-OH is 1. The summed E-state index contributed by atoms with van der Waals surface area (Å²) >= 11 is 0. The quantitative estimate of drug-likeness (QED) is 0.778. The van der Waals surface area contributed by atoms with Crippen LogP contribution in [0.3, 0.4) is 0 Å². The van der Waals surface area contributed by atoms with Gasteiger partial charge < -0.3 is 15.7 Å². The van der Waals surface area contributed by atoms with Crippen molar-refractivity contribution in [3.05, 3.63) is 35.9 Å². The lowest BCUT2D eigenvalue weighted by Crippen LogP contribution is -2.54. The van der Waals surface area contributed by atoms with E-state index in [0.717, 1.165) is 25.1 Å².